The highest BCUT2D eigenvalue weighted by atomic mass is 32.2. The molecule has 55 heavy (non-hydrogen) atoms. The van der Waals surface area contributed by atoms with Crippen LogP contribution in [0.25, 0.3) is 5.70 Å². The van der Waals surface area contributed by atoms with Gasteiger partial charge in [-0.3, -0.25) is 18.2 Å². The lowest BCUT2D eigenvalue weighted by molar-refractivity contribution is -0.432. The molecule has 0 amide bonds. The molecule has 0 saturated heterocycles. The Morgan fingerprint density at radius 2 is 1.60 bits per heavy atom. The van der Waals surface area contributed by atoms with Gasteiger partial charge in [0.05, 0.1) is 21.8 Å². The minimum Gasteiger partial charge on any atom is -0.343 e. The fourth-order valence-corrected chi connectivity index (χ4v) is 10.1. The summed E-state index contributed by atoms with van der Waals surface area (Å²) in [5.41, 5.74) is 6.69. The molecule has 3 heterocycles. The second-order valence-electron chi connectivity index (χ2n) is 15.1. The Morgan fingerprint density at radius 3 is 2.25 bits per heavy atom. The molecule has 1 fully saturated rings. The van der Waals surface area contributed by atoms with Crippen molar-refractivity contribution in [2.45, 2.75) is 62.2 Å². The Kier molecular flexibility index (Phi) is 9.45. The molecule has 3 N–H and O–H groups in total. The molecule has 0 radical (unpaired) electrons. The van der Waals surface area contributed by atoms with E-state index in [1.165, 1.54) is 27.3 Å². The Hall–Kier alpha value is -4.39. The summed E-state index contributed by atoms with van der Waals surface area (Å²) in [5, 5.41) is 0. The van der Waals surface area contributed by atoms with Crippen molar-refractivity contribution in [1.82, 2.24) is 9.13 Å². The standard InChI is InChI=1S/C38H42N4O10S3/c1-25-5-11-32-30(23-25)37(2)15-13-26(34(37)41(32)19-21-53(44,45)46)6-8-28(40-18-17-39(4)36(40)43)9-7-27-14-16-38(3)31-24-29(55(50,51)52)10-12-33(31)42(35(27)38)20-22-54(47,48)49/h5-12,17-18,23-24H,13-16,19-22H2,1-4H3,(H2-,44,45,46,47,48,49,50,51,52)/p+1. The molecule has 17 heteroatoms. The number of nitrogens with zero attached hydrogens (tertiary/aromatic N) is 4. The van der Waals surface area contributed by atoms with Gasteiger partial charge in [0.1, 0.15) is 5.75 Å². The summed E-state index contributed by atoms with van der Waals surface area (Å²) in [5.74, 6) is -1.03. The summed E-state index contributed by atoms with van der Waals surface area (Å²) in [6, 6.07) is 10.3. The van der Waals surface area contributed by atoms with E-state index in [0.29, 0.717) is 36.2 Å². The molecular formula is C38H43N4O10S3+. The molecule has 2 unspecified atom stereocenters. The summed E-state index contributed by atoms with van der Waals surface area (Å²) in [6.45, 7) is 6.02. The Balaban J connectivity index is 1.34. The molecular weight excluding hydrogens is 769 g/mol. The van der Waals surface area contributed by atoms with Crippen LogP contribution in [-0.4, -0.2) is 82.9 Å². The zero-order valence-electron chi connectivity index (χ0n) is 30.8. The van der Waals surface area contributed by atoms with Gasteiger partial charge in [-0.15, -0.1) is 0 Å². The smallest absolute Gasteiger partial charge is 0.332 e. The fourth-order valence-electron chi connectivity index (χ4n) is 8.79. The maximum absolute atomic E-state index is 13.3. The first-order valence-electron chi connectivity index (χ1n) is 17.7. The van der Waals surface area contributed by atoms with E-state index >= 15 is 0 Å². The van der Waals surface area contributed by atoms with Crippen LogP contribution < -0.4 is 10.6 Å². The first kappa shape index (κ1) is 38.9. The highest BCUT2D eigenvalue weighted by Crippen LogP contribution is 2.56. The molecule has 0 spiro atoms. The van der Waals surface area contributed by atoms with Gasteiger partial charge in [0.15, 0.2) is 12.3 Å². The molecule has 1 aromatic heterocycles. The van der Waals surface area contributed by atoms with Crippen LogP contribution >= 0.6 is 0 Å². The van der Waals surface area contributed by atoms with E-state index in [4.69, 9.17) is 0 Å². The van der Waals surface area contributed by atoms with Gasteiger partial charge in [-0.05, 0) is 87.9 Å². The Bertz CT molecular complexity index is 2720. The van der Waals surface area contributed by atoms with E-state index in [0.717, 1.165) is 45.8 Å². The van der Waals surface area contributed by atoms with Gasteiger partial charge in [-0.2, -0.15) is 29.8 Å². The number of hydrogen-bond acceptors (Lipinski definition) is 8. The third kappa shape index (κ3) is 7.02. The van der Waals surface area contributed by atoms with E-state index in [-0.39, 0.29) is 23.7 Å². The van der Waals surface area contributed by atoms with Crippen molar-refractivity contribution in [3.05, 3.63) is 117 Å². The number of aromatic nitrogens is 2. The van der Waals surface area contributed by atoms with Crippen molar-refractivity contribution in [1.29, 1.82) is 0 Å². The minimum atomic E-state index is -4.53. The third-order valence-corrected chi connectivity index (χ3v) is 13.7. The van der Waals surface area contributed by atoms with Crippen LogP contribution in [0.5, 0.6) is 0 Å². The second-order valence-corrected chi connectivity index (χ2v) is 19.7. The monoisotopic (exact) mass is 811 g/mol. The van der Waals surface area contributed by atoms with Crippen molar-refractivity contribution in [2.75, 3.05) is 29.5 Å². The number of hydrogen-bond donors (Lipinski definition) is 3. The Morgan fingerprint density at radius 1 is 0.891 bits per heavy atom. The van der Waals surface area contributed by atoms with Gasteiger partial charge in [0.25, 0.3) is 30.4 Å². The van der Waals surface area contributed by atoms with Crippen LogP contribution in [-0.2, 0) is 48.2 Å². The van der Waals surface area contributed by atoms with E-state index in [2.05, 4.69) is 13.0 Å². The number of imidazole rings is 1. The maximum atomic E-state index is 13.3. The van der Waals surface area contributed by atoms with Crippen LogP contribution in [0, 0.1) is 6.92 Å². The predicted octanol–water partition coefficient (Wildman–Crippen LogP) is 4.52. The van der Waals surface area contributed by atoms with Crippen molar-refractivity contribution in [3.8, 4) is 0 Å². The van der Waals surface area contributed by atoms with Gasteiger partial charge >= 0.3 is 5.69 Å². The minimum absolute atomic E-state index is 0.0592. The van der Waals surface area contributed by atoms with Gasteiger partial charge in [0.2, 0.25) is 5.69 Å². The second kappa shape index (κ2) is 13.4. The number of benzene rings is 2. The first-order chi connectivity index (χ1) is 25.6. The van der Waals surface area contributed by atoms with Crippen LogP contribution in [0.4, 0.5) is 11.4 Å². The van der Waals surface area contributed by atoms with Crippen molar-refractivity contribution >= 4 is 53.1 Å². The number of anilines is 1. The van der Waals surface area contributed by atoms with Crippen molar-refractivity contribution in [2.24, 2.45) is 7.05 Å². The zero-order chi connectivity index (χ0) is 39.9. The summed E-state index contributed by atoms with van der Waals surface area (Å²) in [7, 11) is -11.5. The van der Waals surface area contributed by atoms with E-state index in [9.17, 15) is 43.7 Å². The van der Waals surface area contributed by atoms with E-state index in [1.807, 2.05) is 49.1 Å². The lowest BCUT2D eigenvalue weighted by Crippen LogP contribution is -2.30. The van der Waals surface area contributed by atoms with Crippen LogP contribution in [0.1, 0.15) is 56.2 Å². The summed E-state index contributed by atoms with van der Waals surface area (Å²) < 4.78 is 106. The van der Waals surface area contributed by atoms with Gasteiger partial charge < -0.3 is 9.47 Å². The number of fused-ring (bicyclic) bond motifs is 6. The molecule has 1 saturated carbocycles. The van der Waals surface area contributed by atoms with E-state index in [1.54, 1.807) is 30.1 Å². The largest absolute Gasteiger partial charge is 0.343 e. The van der Waals surface area contributed by atoms with Crippen LogP contribution in [0.3, 0.4) is 0 Å². The third-order valence-electron chi connectivity index (χ3n) is 11.5. The average molecular weight is 812 g/mol. The fraction of sp³-hybridized carbons (Fsp3) is 0.368. The van der Waals surface area contributed by atoms with Crippen LogP contribution in [0.15, 0.2) is 99.6 Å². The number of aryl methyl sites for hydroxylation is 2. The molecule has 7 rings (SSSR count). The Labute approximate surface area is 320 Å². The molecule has 2 aromatic carbocycles. The molecule has 3 aromatic rings. The predicted molar refractivity (Wildman–Crippen MR) is 209 cm³/mol. The summed E-state index contributed by atoms with van der Waals surface area (Å²) in [6.07, 6.45) is 13.2. The normalized spacial score (nSPS) is 23.4. The number of allylic oxidation sites excluding steroid dienone is 8. The molecule has 14 nitrogen and oxygen atoms in total. The van der Waals surface area contributed by atoms with Crippen molar-refractivity contribution < 1.29 is 43.5 Å². The quantitative estimate of drug-likeness (QED) is 0.140. The summed E-state index contributed by atoms with van der Waals surface area (Å²) >= 11 is 0. The maximum Gasteiger partial charge on any atom is 0.332 e. The SMILES string of the molecule is Cc1ccc2c(c1)C1(C)CCC(/C=C/C(=C/C=C3\CCC4(C)C3=[N+](CCS(=O)(=O)O)c3ccc(S(=O)(=O)O)cc34)n3ccn(C)c3=O)=C1N2CCS(=O)(=O)O. The van der Waals surface area contributed by atoms with E-state index < -0.39 is 52.7 Å². The molecule has 0 bridgehead atoms. The topological polar surface area (TPSA) is 196 Å². The lowest BCUT2D eigenvalue weighted by atomic mass is 9.81. The van der Waals surface area contributed by atoms with Crippen molar-refractivity contribution in [3.63, 3.8) is 0 Å². The zero-order valence-corrected chi connectivity index (χ0v) is 33.2. The number of rotatable bonds is 11. The van der Waals surface area contributed by atoms with Crippen LogP contribution in [0.2, 0.25) is 0 Å². The highest BCUT2D eigenvalue weighted by Gasteiger charge is 2.54. The van der Waals surface area contributed by atoms with Gasteiger partial charge in [-0.1, -0.05) is 29.8 Å². The molecule has 4 aliphatic rings. The molecule has 2 aliphatic heterocycles. The molecule has 2 aliphatic carbocycles. The van der Waals surface area contributed by atoms with Gasteiger partial charge in [0, 0.05) is 60.0 Å². The first-order valence-corrected chi connectivity index (χ1v) is 22.4. The molecule has 292 valence electrons. The average Bonchev–Trinajstić information content (AvgIpc) is 3.83. The lowest BCUT2D eigenvalue weighted by Gasteiger charge is -2.26. The summed E-state index contributed by atoms with van der Waals surface area (Å²) in [4.78, 5) is 15.0. The molecule has 2 atom stereocenters. The van der Waals surface area contributed by atoms with Gasteiger partial charge in [-0.25, -0.2) is 4.79 Å². The highest BCUT2D eigenvalue weighted by molar-refractivity contribution is 7.86.